The van der Waals surface area contributed by atoms with Gasteiger partial charge in [-0.3, -0.25) is 14.9 Å². The van der Waals surface area contributed by atoms with Crippen molar-refractivity contribution in [3.63, 3.8) is 0 Å². The van der Waals surface area contributed by atoms with Crippen LogP contribution in [0.1, 0.15) is 43.6 Å². The van der Waals surface area contributed by atoms with Crippen LogP contribution in [0, 0.1) is 10.1 Å². The molecule has 0 saturated carbocycles. The van der Waals surface area contributed by atoms with Crippen molar-refractivity contribution < 1.29 is 14.8 Å². The van der Waals surface area contributed by atoms with Crippen molar-refractivity contribution >= 4 is 11.6 Å². The molecule has 1 N–H and O–H groups in total. The highest BCUT2D eigenvalue weighted by atomic mass is 16.6. The quantitative estimate of drug-likeness (QED) is 0.645. The first-order valence-corrected chi connectivity index (χ1v) is 6.98. The van der Waals surface area contributed by atoms with Crippen LogP contribution in [0.15, 0.2) is 18.2 Å². The van der Waals surface area contributed by atoms with Gasteiger partial charge in [0.1, 0.15) is 0 Å². The smallest absolute Gasteiger partial charge is 0.273 e. The molecule has 0 aliphatic heterocycles. The molecule has 0 spiro atoms. The van der Waals surface area contributed by atoms with E-state index < -0.39 is 10.5 Å². The molecule has 0 atom stereocenters. The molecule has 0 aromatic heterocycles. The highest BCUT2D eigenvalue weighted by Gasteiger charge is 2.24. The number of aliphatic hydroxyl groups is 1. The number of amides is 1. The van der Waals surface area contributed by atoms with Gasteiger partial charge in [0.25, 0.3) is 11.6 Å². The summed E-state index contributed by atoms with van der Waals surface area (Å²) in [6.45, 7) is 7.46. The van der Waals surface area contributed by atoms with E-state index >= 15 is 0 Å². The molecule has 21 heavy (non-hydrogen) atoms. The van der Waals surface area contributed by atoms with Gasteiger partial charge in [-0.1, -0.05) is 13.0 Å². The lowest BCUT2D eigenvalue weighted by molar-refractivity contribution is -0.385. The van der Waals surface area contributed by atoms with E-state index in [2.05, 4.69) is 0 Å². The van der Waals surface area contributed by atoms with Crippen LogP contribution in [0.25, 0.3) is 0 Å². The fourth-order valence-electron chi connectivity index (χ4n) is 2.14. The molecular weight excluding hydrogens is 272 g/mol. The lowest BCUT2D eigenvalue weighted by Gasteiger charge is -2.28. The Morgan fingerprint density at radius 3 is 2.43 bits per heavy atom. The van der Waals surface area contributed by atoms with Crippen molar-refractivity contribution in [2.45, 2.75) is 39.7 Å². The first-order chi connectivity index (χ1) is 9.69. The molecule has 1 rings (SSSR count). The fraction of sp³-hybridized carbons (Fsp3) is 0.533. The van der Waals surface area contributed by atoms with E-state index in [1.165, 1.54) is 11.0 Å². The molecule has 0 aliphatic rings. The van der Waals surface area contributed by atoms with Crippen LogP contribution in [0.2, 0.25) is 0 Å². The Morgan fingerprint density at radius 1 is 1.38 bits per heavy atom. The normalized spacial score (nSPS) is 11.3. The number of likely N-dealkylation sites (N-methyl/N-ethyl adjacent to an activating group) is 1. The number of benzene rings is 1. The number of nitro benzene ring substituents is 1. The number of carbonyl (C=O) groups is 1. The third-order valence-corrected chi connectivity index (χ3v) is 3.16. The molecule has 0 saturated heterocycles. The van der Waals surface area contributed by atoms with Gasteiger partial charge in [0.2, 0.25) is 0 Å². The van der Waals surface area contributed by atoms with Gasteiger partial charge < -0.3 is 10.0 Å². The fourth-order valence-corrected chi connectivity index (χ4v) is 2.14. The van der Waals surface area contributed by atoms with Crippen LogP contribution < -0.4 is 0 Å². The summed E-state index contributed by atoms with van der Waals surface area (Å²) in [6, 6.07) is 4.53. The lowest BCUT2D eigenvalue weighted by Crippen LogP contribution is -2.42. The molecule has 1 aromatic carbocycles. The Morgan fingerprint density at radius 2 is 2.00 bits per heavy atom. The Kier molecular flexibility index (Phi) is 5.43. The van der Waals surface area contributed by atoms with E-state index in [0.717, 1.165) is 0 Å². The first kappa shape index (κ1) is 17.1. The van der Waals surface area contributed by atoms with Crippen molar-refractivity contribution in [2.75, 3.05) is 13.1 Å². The topological polar surface area (TPSA) is 83.7 Å². The zero-order valence-electron chi connectivity index (χ0n) is 12.9. The van der Waals surface area contributed by atoms with Crippen LogP contribution >= 0.6 is 0 Å². The third-order valence-electron chi connectivity index (χ3n) is 3.16. The molecule has 6 nitrogen and oxygen atoms in total. The van der Waals surface area contributed by atoms with Gasteiger partial charge in [0.05, 0.1) is 10.5 Å². The molecule has 1 aromatic rings. The maximum Gasteiger partial charge on any atom is 0.273 e. The summed E-state index contributed by atoms with van der Waals surface area (Å²) in [5, 5.41) is 20.9. The molecule has 1 amide bonds. The Labute approximate surface area is 124 Å². The van der Waals surface area contributed by atoms with Crippen LogP contribution in [-0.2, 0) is 6.42 Å². The van der Waals surface area contributed by atoms with E-state index in [0.29, 0.717) is 18.5 Å². The number of aryl methyl sites for hydroxylation is 1. The minimum Gasteiger partial charge on any atom is -0.389 e. The Bertz CT molecular complexity index is 535. The highest BCUT2D eigenvalue weighted by Crippen LogP contribution is 2.22. The van der Waals surface area contributed by atoms with Crippen molar-refractivity contribution in [1.82, 2.24) is 4.90 Å². The largest absolute Gasteiger partial charge is 0.389 e. The molecule has 0 heterocycles. The average Bonchev–Trinajstić information content (AvgIpc) is 2.42. The zero-order valence-corrected chi connectivity index (χ0v) is 12.9. The average molecular weight is 294 g/mol. The second-order valence-corrected chi connectivity index (χ2v) is 5.59. The number of hydrogen-bond acceptors (Lipinski definition) is 4. The van der Waals surface area contributed by atoms with Gasteiger partial charge in [0.15, 0.2) is 0 Å². The summed E-state index contributed by atoms with van der Waals surface area (Å²) in [5.74, 6) is -0.314. The van der Waals surface area contributed by atoms with Crippen molar-refractivity contribution in [3.05, 3.63) is 39.4 Å². The summed E-state index contributed by atoms with van der Waals surface area (Å²) in [6.07, 6.45) is 0.534. The number of carbonyl (C=O) groups excluding carboxylic acids is 1. The van der Waals surface area contributed by atoms with E-state index in [-0.39, 0.29) is 23.7 Å². The molecule has 116 valence electrons. The van der Waals surface area contributed by atoms with Crippen molar-refractivity contribution in [1.29, 1.82) is 0 Å². The van der Waals surface area contributed by atoms with Crippen LogP contribution in [0.5, 0.6) is 0 Å². The van der Waals surface area contributed by atoms with Crippen LogP contribution in [-0.4, -0.2) is 39.5 Å². The second kappa shape index (κ2) is 6.67. The maximum absolute atomic E-state index is 12.4. The predicted molar refractivity (Wildman–Crippen MR) is 80.3 cm³/mol. The summed E-state index contributed by atoms with van der Waals surface area (Å²) in [5.41, 5.74) is -0.184. The number of hydrogen-bond donors (Lipinski definition) is 1. The van der Waals surface area contributed by atoms with E-state index in [1.54, 1.807) is 32.9 Å². The maximum atomic E-state index is 12.4. The van der Waals surface area contributed by atoms with E-state index in [9.17, 15) is 20.0 Å². The summed E-state index contributed by atoms with van der Waals surface area (Å²) < 4.78 is 0. The van der Waals surface area contributed by atoms with Crippen LogP contribution in [0.3, 0.4) is 0 Å². The highest BCUT2D eigenvalue weighted by molar-refractivity contribution is 5.95. The van der Waals surface area contributed by atoms with Crippen molar-refractivity contribution in [3.8, 4) is 0 Å². The number of rotatable bonds is 6. The molecule has 0 bridgehead atoms. The molecule has 0 unspecified atom stereocenters. The molecule has 0 radical (unpaired) electrons. The summed E-state index contributed by atoms with van der Waals surface area (Å²) in [7, 11) is 0. The standard InChI is InChI=1S/C15H22N2O4/c1-5-11-7-8-12(9-13(11)17(20)21)14(18)16(6-2)10-15(3,4)19/h7-9,19H,5-6,10H2,1-4H3. The van der Waals surface area contributed by atoms with E-state index in [4.69, 9.17) is 0 Å². The SMILES string of the molecule is CCc1ccc(C(=O)N(CC)CC(C)(C)O)cc1[N+](=O)[O-]. The minimum absolute atomic E-state index is 0.0392. The van der Waals surface area contributed by atoms with Gasteiger partial charge in [0, 0.05) is 30.3 Å². The number of nitrogens with zero attached hydrogens (tertiary/aromatic N) is 2. The monoisotopic (exact) mass is 294 g/mol. The van der Waals surface area contributed by atoms with Gasteiger partial charge >= 0.3 is 0 Å². The first-order valence-electron chi connectivity index (χ1n) is 6.98. The van der Waals surface area contributed by atoms with Gasteiger partial charge in [-0.05, 0) is 33.3 Å². The molecule has 0 fully saturated rings. The zero-order chi connectivity index (χ0) is 16.2. The Balaban J connectivity index is 3.11. The predicted octanol–water partition coefficient (Wildman–Crippen LogP) is 2.39. The molecule has 6 heteroatoms. The lowest BCUT2D eigenvalue weighted by atomic mass is 10.0. The molecular formula is C15H22N2O4. The van der Waals surface area contributed by atoms with Gasteiger partial charge in [-0.15, -0.1) is 0 Å². The van der Waals surface area contributed by atoms with E-state index in [1.807, 2.05) is 6.92 Å². The Hall–Kier alpha value is -1.95. The van der Waals surface area contributed by atoms with Gasteiger partial charge in [-0.25, -0.2) is 0 Å². The summed E-state index contributed by atoms with van der Waals surface area (Å²) >= 11 is 0. The summed E-state index contributed by atoms with van der Waals surface area (Å²) in [4.78, 5) is 24.5. The second-order valence-electron chi connectivity index (χ2n) is 5.59. The number of nitro groups is 1. The minimum atomic E-state index is -1.01. The van der Waals surface area contributed by atoms with Crippen molar-refractivity contribution in [2.24, 2.45) is 0 Å². The third kappa shape index (κ3) is 4.53. The molecule has 0 aliphatic carbocycles. The van der Waals surface area contributed by atoms with Crippen LogP contribution in [0.4, 0.5) is 5.69 Å². The van der Waals surface area contributed by atoms with Gasteiger partial charge in [-0.2, -0.15) is 0 Å².